The van der Waals surface area contributed by atoms with Crippen molar-refractivity contribution in [2.24, 2.45) is 0 Å². The quantitative estimate of drug-likeness (QED) is 0.748. The summed E-state index contributed by atoms with van der Waals surface area (Å²) in [6.07, 6.45) is 1.73. The van der Waals surface area contributed by atoms with Crippen molar-refractivity contribution in [3.63, 3.8) is 0 Å². The van der Waals surface area contributed by atoms with E-state index >= 15 is 0 Å². The highest BCUT2D eigenvalue weighted by atomic mass is 79.9. The van der Waals surface area contributed by atoms with Gasteiger partial charge in [0.2, 0.25) is 0 Å². The third-order valence-corrected chi connectivity index (χ3v) is 4.19. The minimum absolute atomic E-state index is 0.324. The Kier molecular flexibility index (Phi) is 4.94. The summed E-state index contributed by atoms with van der Waals surface area (Å²) in [6, 6.07) is 10.3. The molecule has 0 radical (unpaired) electrons. The van der Waals surface area contributed by atoms with Crippen LogP contribution in [-0.2, 0) is 12.8 Å². The van der Waals surface area contributed by atoms with Gasteiger partial charge < -0.3 is 0 Å². The fourth-order valence-corrected chi connectivity index (χ4v) is 2.71. The molecule has 0 aliphatic rings. The van der Waals surface area contributed by atoms with Gasteiger partial charge in [-0.2, -0.15) is 0 Å². The van der Waals surface area contributed by atoms with Crippen LogP contribution in [0.1, 0.15) is 36.8 Å². The van der Waals surface area contributed by atoms with E-state index in [-0.39, 0.29) is 0 Å². The molecule has 2 nitrogen and oxygen atoms in total. The third kappa shape index (κ3) is 3.77. The number of aryl methyl sites for hydroxylation is 2. The molecule has 0 aliphatic heterocycles. The van der Waals surface area contributed by atoms with Gasteiger partial charge in [-0.05, 0) is 33.8 Å². The van der Waals surface area contributed by atoms with Crippen LogP contribution < -0.4 is 0 Å². The van der Waals surface area contributed by atoms with E-state index in [1.165, 1.54) is 5.56 Å². The molecular formula is C15H16BrClN2. The summed E-state index contributed by atoms with van der Waals surface area (Å²) in [7, 11) is 0. The summed E-state index contributed by atoms with van der Waals surface area (Å²) in [6.45, 7) is 4.20. The van der Waals surface area contributed by atoms with Crippen molar-refractivity contribution >= 4 is 27.5 Å². The van der Waals surface area contributed by atoms with Gasteiger partial charge in [-0.1, -0.05) is 55.8 Å². The molecule has 100 valence electrons. The van der Waals surface area contributed by atoms with Crippen LogP contribution in [0.3, 0.4) is 0 Å². The summed E-state index contributed by atoms with van der Waals surface area (Å²) in [4.78, 5) is 8.94. The zero-order valence-electron chi connectivity index (χ0n) is 11.0. The van der Waals surface area contributed by atoms with Gasteiger partial charge in [0.05, 0.1) is 10.2 Å². The van der Waals surface area contributed by atoms with E-state index in [0.29, 0.717) is 11.1 Å². The summed E-state index contributed by atoms with van der Waals surface area (Å²) in [5.74, 6) is 1.13. The van der Waals surface area contributed by atoms with Gasteiger partial charge in [0.15, 0.2) is 0 Å². The Morgan fingerprint density at radius 3 is 2.42 bits per heavy atom. The Labute approximate surface area is 127 Å². The number of rotatable bonds is 4. The Hall–Kier alpha value is -0.930. The second kappa shape index (κ2) is 6.49. The largest absolute Gasteiger partial charge is 0.236 e. The van der Waals surface area contributed by atoms with E-state index in [0.717, 1.165) is 28.8 Å². The standard InChI is InChI=1S/C15H16BrClN2/c1-10(2)14-13(16)15(17)19-12(18-14)9-8-11-6-4-3-5-7-11/h3-7,10H,8-9H2,1-2H3. The first kappa shape index (κ1) is 14.5. The molecule has 2 aromatic rings. The first-order valence-corrected chi connectivity index (χ1v) is 7.50. The van der Waals surface area contributed by atoms with Crippen molar-refractivity contribution < 1.29 is 0 Å². The molecule has 0 aliphatic carbocycles. The van der Waals surface area contributed by atoms with E-state index in [9.17, 15) is 0 Å². The topological polar surface area (TPSA) is 25.8 Å². The van der Waals surface area contributed by atoms with E-state index in [1.807, 2.05) is 18.2 Å². The van der Waals surface area contributed by atoms with Gasteiger partial charge >= 0.3 is 0 Å². The number of aromatic nitrogens is 2. The van der Waals surface area contributed by atoms with Gasteiger partial charge in [0.1, 0.15) is 11.0 Å². The molecule has 0 bridgehead atoms. The van der Waals surface area contributed by atoms with Gasteiger partial charge in [-0.15, -0.1) is 0 Å². The van der Waals surface area contributed by atoms with Gasteiger partial charge in [-0.3, -0.25) is 0 Å². The number of benzene rings is 1. The predicted octanol–water partition coefficient (Wildman–Crippen LogP) is 4.80. The maximum atomic E-state index is 6.15. The van der Waals surface area contributed by atoms with Crippen molar-refractivity contribution in [1.29, 1.82) is 0 Å². The van der Waals surface area contributed by atoms with Crippen molar-refractivity contribution in [3.8, 4) is 0 Å². The monoisotopic (exact) mass is 338 g/mol. The zero-order valence-corrected chi connectivity index (χ0v) is 13.4. The number of hydrogen-bond donors (Lipinski definition) is 0. The zero-order chi connectivity index (χ0) is 13.8. The molecular weight excluding hydrogens is 324 g/mol. The predicted molar refractivity (Wildman–Crippen MR) is 82.7 cm³/mol. The maximum absolute atomic E-state index is 6.15. The Morgan fingerprint density at radius 2 is 1.79 bits per heavy atom. The fraction of sp³-hybridized carbons (Fsp3) is 0.333. The van der Waals surface area contributed by atoms with E-state index in [2.05, 4.69) is 51.9 Å². The lowest BCUT2D eigenvalue weighted by atomic mass is 10.1. The first-order valence-electron chi connectivity index (χ1n) is 6.33. The van der Waals surface area contributed by atoms with Gasteiger partial charge in [0, 0.05) is 6.42 Å². The van der Waals surface area contributed by atoms with Crippen molar-refractivity contribution in [2.45, 2.75) is 32.6 Å². The van der Waals surface area contributed by atoms with E-state index < -0.39 is 0 Å². The Balaban J connectivity index is 2.17. The minimum atomic E-state index is 0.324. The SMILES string of the molecule is CC(C)c1nc(CCc2ccccc2)nc(Cl)c1Br. The molecule has 1 aromatic heterocycles. The molecule has 0 saturated heterocycles. The molecule has 0 amide bonds. The normalized spacial score (nSPS) is 11.0. The van der Waals surface area contributed by atoms with Crippen molar-refractivity contribution in [3.05, 3.63) is 57.0 Å². The van der Waals surface area contributed by atoms with Crippen LogP contribution >= 0.6 is 27.5 Å². The van der Waals surface area contributed by atoms with Crippen molar-refractivity contribution in [1.82, 2.24) is 9.97 Å². The van der Waals surface area contributed by atoms with Gasteiger partial charge in [0.25, 0.3) is 0 Å². The van der Waals surface area contributed by atoms with Crippen LogP contribution in [0.4, 0.5) is 0 Å². The minimum Gasteiger partial charge on any atom is -0.236 e. The summed E-state index contributed by atoms with van der Waals surface area (Å²) >= 11 is 9.60. The van der Waals surface area contributed by atoms with Crippen LogP contribution in [0.2, 0.25) is 5.15 Å². The fourth-order valence-electron chi connectivity index (χ4n) is 1.88. The van der Waals surface area contributed by atoms with Crippen LogP contribution in [0.25, 0.3) is 0 Å². The van der Waals surface area contributed by atoms with Gasteiger partial charge in [-0.25, -0.2) is 9.97 Å². The van der Waals surface area contributed by atoms with E-state index in [4.69, 9.17) is 11.6 Å². The molecule has 0 saturated carbocycles. The second-order valence-electron chi connectivity index (χ2n) is 4.77. The maximum Gasteiger partial charge on any atom is 0.147 e. The average Bonchev–Trinajstić information content (AvgIpc) is 2.41. The Bertz CT molecular complexity index is 556. The summed E-state index contributed by atoms with van der Waals surface area (Å²) in [5.41, 5.74) is 2.26. The van der Waals surface area contributed by atoms with Crippen LogP contribution in [0.15, 0.2) is 34.8 Å². The molecule has 19 heavy (non-hydrogen) atoms. The average molecular weight is 340 g/mol. The summed E-state index contributed by atoms with van der Waals surface area (Å²) in [5, 5.41) is 0.502. The second-order valence-corrected chi connectivity index (χ2v) is 5.92. The molecule has 0 unspecified atom stereocenters. The number of halogens is 2. The molecule has 0 N–H and O–H groups in total. The molecule has 0 fully saturated rings. The smallest absolute Gasteiger partial charge is 0.147 e. The lowest BCUT2D eigenvalue weighted by Gasteiger charge is -2.10. The first-order chi connectivity index (χ1) is 9.08. The highest BCUT2D eigenvalue weighted by Crippen LogP contribution is 2.28. The van der Waals surface area contributed by atoms with Crippen LogP contribution in [0.5, 0.6) is 0 Å². The lowest BCUT2D eigenvalue weighted by molar-refractivity contribution is 0.764. The highest BCUT2D eigenvalue weighted by Gasteiger charge is 2.13. The summed E-state index contributed by atoms with van der Waals surface area (Å²) < 4.78 is 0.813. The number of hydrogen-bond acceptors (Lipinski definition) is 2. The Morgan fingerprint density at radius 1 is 1.11 bits per heavy atom. The molecule has 0 atom stereocenters. The molecule has 2 rings (SSSR count). The molecule has 1 aromatic carbocycles. The van der Waals surface area contributed by atoms with Crippen molar-refractivity contribution in [2.75, 3.05) is 0 Å². The van der Waals surface area contributed by atoms with Crippen LogP contribution in [-0.4, -0.2) is 9.97 Å². The number of nitrogens with zero attached hydrogens (tertiary/aromatic N) is 2. The highest BCUT2D eigenvalue weighted by molar-refractivity contribution is 9.10. The molecule has 0 spiro atoms. The van der Waals surface area contributed by atoms with E-state index in [1.54, 1.807) is 0 Å². The lowest BCUT2D eigenvalue weighted by Crippen LogP contribution is -2.04. The molecule has 4 heteroatoms. The van der Waals surface area contributed by atoms with Crippen LogP contribution in [0, 0.1) is 0 Å². The third-order valence-electron chi connectivity index (χ3n) is 2.91. The molecule has 1 heterocycles.